The highest BCUT2D eigenvalue weighted by atomic mass is 32.2. The Morgan fingerprint density at radius 2 is 1.97 bits per heavy atom. The van der Waals surface area contributed by atoms with Crippen LogP contribution in [0.2, 0.25) is 0 Å². The predicted molar refractivity (Wildman–Crippen MR) is 116 cm³/mol. The minimum absolute atomic E-state index is 0.0566. The number of phenols is 1. The Hall–Kier alpha value is -2.21. The average molecular weight is 416 g/mol. The molecule has 0 fully saturated rings. The van der Waals surface area contributed by atoms with Gasteiger partial charge in [0.15, 0.2) is 5.78 Å². The molecule has 156 valence electrons. The standard InChI is InChI=1S/C23H29NO4S/c1-5-29-11-10-28-22(27)19-14(2)24-17-12-23(3,4)13-18(26)21(17)20(19)15-6-8-16(25)9-7-15/h6-9,20,24-25H,5,10-13H2,1-4H3/t20-/m1/s1. The number of rotatable bonds is 6. The molecule has 1 aliphatic heterocycles. The number of esters is 1. The number of carbonyl (C=O) groups excluding carboxylic acids is 2. The fourth-order valence-corrected chi connectivity index (χ4v) is 4.61. The zero-order chi connectivity index (χ0) is 21.2. The molecule has 0 unspecified atom stereocenters. The SMILES string of the molecule is CCSCCOC(=O)C1=C(C)NC2=C(C(=O)CC(C)(C)C2)[C@@H]1c1ccc(O)cc1. The number of ether oxygens (including phenoxy) is 1. The third kappa shape index (κ3) is 4.69. The van der Waals surface area contributed by atoms with Crippen molar-refractivity contribution < 1.29 is 19.4 Å². The lowest BCUT2D eigenvalue weighted by atomic mass is 9.68. The number of carbonyl (C=O) groups is 2. The van der Waals surface area contributed by atoms with Crippen molar-refractivity contribution in [3.8, 4) is 5.75 Å². The van der Waals surface area contributed by atoms with Crippen molar-refractivity contribution >= 4 is 23.5 Å². The third-order valence-electron chi connectivity index (χ3n) is 5.35. The van der Waals surface area contributed by atoms with Gasteiger partial charge >= 0.3 is 5.97 Å². The van der Waals surface area contributed by atoms with Gasteiger partial charge in [0.25, 0.3) is 0 Å². The van der Waals surface area contributed by atoms with Gasteiger partial charge in [-0.25, -0.2) is 4.79 Å². The highest BCUT2D eigenvalue weighted by Gasteiger charge is 2.43. The summed E-state index contributed by atoms with van der Waals surface area (Å²) in [7, 11) is 0. The molecule has 1 aromatic rings. The summed E-state index contributed by atoms with van der Waals surface area (Å²) in [5.41, 5.74) is 3.41. The maximum atomic E-state index is 13.1. The van der Waals surface area contributed by atoms with Crippen LogP contribution in [0.1, 0.15) is 52.0 Å². The number of hydrogen-bond acceptors (Lipinski definition) is 6. The highest BCUT2D eigenvalue weighted by molar-refractivity contribution is 7.99. The van der Waals surface area contributed by atoms with Gasteiger partial charge in [0.05, 0.1) is 5.57 Å². The Labute approximate surface area is 176 Å². The molecule has 6 heteroatoms. The van der Waals surface area contributed by atoms with Crippen LogP contribution in [0, 0.1) is 5.41 Å². The van der Waals surface area contributed by atoms with Crippen LogP contribution >= 0.6 is 11.8 Å². The molecule has 5 nitrogen and oxygen atoms in total. The first-order valence-electron chi connectivity index (χ1n) is 10.0. The average Bonchev–Trinajstić information content (AvgIpc) is 2.63. The van der Waals surface area contributed by atoms with Gasteiger partial charge in [-0.1, -0.05) is 32.9 Å². The molecule has 2 aliphatic rings. The summed E-state index contributed by atoms with van der Waals surface area (Å²) in [6.07, 6.45) is 1.19. The summed E-state index contributed by atoms with van der Waals surface area (Å²) in [5.74, 6) is 1.04. The van der Waals surface area contributed by atoms with E-state index in [2.05, 4.69) is 26.1 Å². The Kier molecular flexibility index (Phi) is 6.42. The number of nitrogens with one attached hydrogen (secondary N) is 1. The number of benzene rings is 1. The summed E-state index contributed by atoms with van der Waals surface area (Å²) < 4.78 is 5.54. The van der Waals surface area contributed by atoms with E-state index in [1.165, 1.54) is 0 Å². The molecule has 29 heavy (non-hydrogen) atoms. The molecule has 0 bridgehead atoms. The minimum Gasteiger partial charge on any atom is -0.508 e. The van der Waals surface area contributed by atoms with E-state index < -0.39 is 11.9 Å². The molecular formula is C23H29NO4S. The van der Waals surface area contributed by atoms with Crippen LogP contribution in [0.3, 0.4) is 0 Å². The van der Waals surface area contributed by atoms with Crippen molar-refractivity contribution in [3.05, 3.63) is 52.4 Å². The largest absolute Gasteiger partial charge is 0.508 e. The topological polar surface area (TPSA) is 75.6 Å². The molecule has 3 rings (SSSR count). The second-order valence-corrected chi connectivity index (χ2v) is 9.75. The van der Waals surface area contributed by atoms with Gasteiger partial charge in [-0.15, -0.1) is 0 Å². The Morgan fingerprint density at radius 1 is 1.28 bits per heavy atom. The number of hydrogen-bond donors (Lipinski definition) is 2. The number of dihydropyridines is 1. The molecule has 0 saturated heterocycles. The van der Waals surface area contributed by atoms with Gasteiger partial charge in [-0.3, -0.25) is 4.79 Å². The predicted octanol–water partition coefficient (Wildman–Crippen LogP) is 4.29. The maximum Gasteiger partial charge on any atom is 0.336 e. The van der Waals surface area contributed by atoms with E-state index in [0.29, 0.717) is 24.2 Å². The van der Waals surface area contributed by atoms with Gasteiger partial charge < -0.3 is 15.2 Å². The lowest BCUT2D eigenvalue weighted by Gasteiger charge is -2.39. The second kappa shape index (κ2) is 8.66. The normalized spacial score (nSPS) is 21.0. The number of allylic oxidation sites excluding steroid dienone is 3. The van der Waals surface area contributed by atoms with Crippen molar-refractivity contribution in [3.63, 3.8) is 0 Å². The third-order valence-corrected chi connectivity index (χ3v) is 6.21. The van der Waals surface area contributed by atoms with Crippen molar-refractivity contribution in [2.75, 3.05) is 18.1 Å². The minimum atomic E-state index is -0.484. The van der Waals surface area contributed by atoms with Gasteiger partial charge in [0.2, 0.25) is 0 Å². The summed E-state index contributed by atoms with van der Waals surface area (Å²) in [4.78, 5) is 26.2. The molecule has 2 N–H and O–H groups in total. The molecule has 0 amide bonds. The van der Waals surface area contributed by atoms with Crippen LogP contribution in [0.4, 0.5) is 0 Å². The van der Waals surface area contributed by atoms with Crippen LogP contribution in [0.15, 0.2) is 46.8 Å². The molecule has 0 spiro atoms. The van der Waals surface area contributed by atoms with Gasteiger partial charge in [-0.05, 0) is 42.2 Å². The summed E-state index contributed by atoms with van der Waals surface area (Å²) in [6, 6.07) is 6.73. The van der Waals surface area contributed by atoms with E-state index >= 15 is 0 Å². The molecule has 1 aliphatic carbocycles. The van der Waals surface area contributed by atoms with Crippen LogP contribution < -0.4 is 5.32 Å². The summed E-state index contributed by atoms with van der Waals surface area (Å²) in [5, 5.41) is 13.0. The fourth-order valence-electron chi connectivity index (χ4n) is 4.12. The molecule has 1 atom stereocenters. The number of aromatic hydroxyl groups is 1. The molecule has 0 saturated carbocycles. The van der Waals surface area contributed by atoms with E-state index in [9.17, 15) is 14.7 Å². The van der Waals surface area contributed by atoms with E-state index in [-0.39, 0.29) is 16.9 Å². The van der Waals surface area contributed by atoms with Gasteiger partial charge in [0.1, 0.15) is 12.4 Å². The molecule has 0 radical (unpaired) electrons. The van der Waals surface area contributed by atoms with Crippen molar-refractivity contribution in [1.29, 1.82) is 0 Å². The Bertz CT molecular complexity index is 867. The van der Waals surface area contributed by atoms with E-state index in [1.54, 1.807) is 36.0 Å². The summed E-state index contributed by atoms with van der Waals surface area (Å²) >= 11 is 1.71. The molecule has 0 aromatic heterocycles. The van der Waals surface area contributed by atoms with Crippen LogP contribution in [-0.2, 0) is 14.3 Å². The van der Waals surface area contributed by atoms with Crippen molar-refractivity contribution in [2.24, 2.45) is 5.41 Å². The lowest BCUT2D eigenvalue weighted by Crippen LogP contribution is -2.38. The van der Waals surface area contributed by atoms with Crippen LogP contribution in [0.25, 0.3) is 0 Å². The zero-order valence-corrected chi connectivity index (χ0v) is 18.3. The number of Topliss-reactive ketones (excluding diaryl/α,β-unsaturated/α-hetero) is 1. The van der Waals surface area contributed by atoms with E-state index in [4.69, 9.17) is 4.74 Å². The van der Waals surface area contributed by atoms with Crippen LogP contribution in [-0.4, -0.2) is 35.0 Å². The first-order valence-corrected chi connectivity index (χ1v) is 11.2. The quantitative estimate of drug-likeness (QED) is 0.533. The monoisotopic (exact) mass is 415 g/mol. The second-order valence-electron chi connectivity index (χ2n) is 8.35. The lowest BCUT2D eigenvalue weighted by molar-refractivity contribution is -0.138. The van der Waals surface area contributed by atoms with Crippen molar-refractivity contribution in [2.45, 2.75) is 46.5 Å². The zero-order valence-electron chi connectivity index (χ0n) is 17.5. The van der Waals surface area contributed by atoms with E-state index in [0.717, 1.165) is 34.9 Å². The first-order chi connectivity index (χ1) is 13.7. The number of phenolic OH excluding ortho intramolecular Hbond substituents is 1. The Balaban J connectivity index is 2.01. The Morgan fingerprint density at radius 3 is 2.62 bits per heavy atom. The molecular weight excluding hydrogens is 386 g/mol. The van der Waals surface area contributed by atoms with Crippen molar-refractivity contribution in [1.82, 2.24) is 5.32 Å². The molecule has 1 heterocycles. The molecule has 1 aromatic carbocycles. The first kappa shape index (κ1) is 21.5. The summed E-state index contributed by atoms with van der Waals surface area (Å²) in [6.45, 7) is 8.43. The highest BCUT2D eigenvalue weighted by Crippen LogP contribution is 2.46. The van der Waals surface area contributed by atoms with Gasteiger partial charge in [-0.2, -0.15) is 11.8 Å². The maximum absolute atomic E-state index is 13.1. The smallest absolute Gasteiger partial charge is 0.336 e. The van der Waals surface area contributed by atoms with E-state index in [1.807, 2.05) is 6.92 Å². The van der Waals surface area contributed by atoms with Gasteiger partial charge in [0, 0.05) is 35.1 Å². The fraction of sp³-hybridized carbons (Fsp3) is 0.478. The van der Waals surface area contributed by atoms with Crippen LogP contribution in [0.5, 0.6) is 5.75 Å². The number of thioether (sulfide) groups is 1. The number of ketones is 1.